The predicted octanol–water partition coefficient (Wildman–Crippen LogP) is 0.627. The van der Waals surface area contributed by atoms with Crippen LogP contribution in [0.3, 0.4) is 0 Å². The third-order valence-electron chi connectivity index (χ3n) is 3.59. The van der Waals surface area contributed by atoms with E-state index in [2.05, 4.69) is 5.92 Å². The highest BCUT2D eigenvalue weighted by molar-refractivity contribution is 5.76. The number of carboxylic acid groups (broad SMARTS) is 1. The number of carbonyl (C=O) groups is 2. The zero-order chi connectivity index (χ0) is 14.8. The third kappa shape index (κ3) is 3.64. The number of ether oxygens (including phenoxy) is 1. The van der Waals surface area contributed by atoms with Gasteiger partial charge in [-0.15, -0.1) is 6.42 Å². The first-order chi connectivity index (χ1) is 9.43. The molecule has 110 valence electrons. The number of nitrogens with zero attached hydrogens (tertiary/aromatic N) is 2. The lowest BCUT2D eigenvalue weighted by Gasteiger charge is -2.48. The summed E-state index contributed by atoms with van der Waals surface area (Å²) in [5, 5.41) is 8.60. The summed E-state index contributed by atoms with van der Waals surface area (Å²) in [5.74, 6) is 2.10. The Labute approximate surface area is 118 Å². The molecule has 1 heterocycles. The number of hydrogen-bond acceptors (Lipinski definition) is 3. The molecule has 0 bridgehead atoms. The predicted molar refractivity (Wildman–Crippen MR) is 72.1 cm³/mol. The number of amides is 2. The van der Waals surface area contributed by atoms with E-state index in [1.165, 1.54) is 0 Å². The van der Waals surface area contributed by atoms with E-state index < -0.39 is 11.6 Å². The van der Waals surface area contributed by atoms with Crippen molar-refractivity contribution < 1.29 is 19.4 Å². The van der Waals surface area contributed by atoms with Crippen molar-refractivity contribution in [1.29, 1.82) is 0 Å². The average molecular weight is 280 g/mol. The highest BCUT2D eigenvalue weighted by atomic mass is 16.5. The van der Waals surface area contributed by atoms with E-state index in [0.29, 0.717) is 32.1 Å². The summed E-state index contributed by atoms with van der Waals surface area (Å²) in [6.45, 7) is 3.32. The minimum atomic E-state index is -1.00. The van der Waals surface area contributed by atoms with E-state index in [-0.39, 0.29) is 12.6 Å². The fraction of sp³-hybridized carbons (Fsp3) is 0.714. The molecule has 0 aromatic heterocycles. The first-order valence-corrected chi connectivity index (χ1v) is 6.76. The molecule has 0 spiro atoms. The number of urea groups is 1. The van der Waals surface area contributed by atoms with E-state index in [1.807, 2.05) is 6.92 Å². The highest BCUT2D eigenvalue weighted by Gasteiger charge is 2.44. The molecule has 0 aromatic carbocycles. The number of likely N-dealkylation sites (tertiary alicyclic amines) is 1. The summed E-state index contributed by atoms with van der Waals surface area (Å²) in [5.41, 5.74) is -0.560. The van der Waals surface area contributed by atoms with Crippen LogP contribution in [0, 0.1) is 18.3 Å². The van der Waals surface area contributed by atoms with E-state index in [4.69, 9.17) is 16.3 Å². The van der Waals surface area contributed by atoms with Crippen molar-refractivity contribution in [2.75, 3.05) is 32.8 Å². The molecule has 2 amide bonds. The van der Waals surface area contributed by atoms with Gasteiger partial charge in [-0.25, -0.2) is 9.59 Å². The van der Waals surface area contributed by atoms with E-state index in [9.17, 15) is 9.59 Å². The molecule has 2 fully saturated rings. The molecular weight excluding hydrogens is 260 g/mol. The number of rotatable bonds is 6. The van der Waals surface area contributed by atoms with Gasteiger partial charge in [-0.2, -0.15) is 0 Å². The summed E-state index contributed by atoms with van der Waals surface area (Å²) in [6.07, 6.45) is 7.63. The molecule has 1 N–H and O–H groups in total. The lowest BCUT2D eigenvalue weighted by atomic mass is 9.97. The molecule has 6 heteroatoms. The van der Waals surface area contributed by atoms with Crippen LogP contribution in [0.4, 0.5) is 4.79 Å². The number of hydrogen-bond donors (Lipinski definition) is 1. The van der Waals surface area contributed by atoms with E-state index >= 15 is 0 Å². The van der Waals surface area contributed by atoms with Crippen molar-refractivity contribution >= 4 is 12.0 Å². The van der Waals surface area contributed by atoms with Gasteiger partial charge in [0.15, 0.2) is 0 Å². The maximum absolute atomic E-state index is 12.3. The molecule has 20 heavy (non-hydrogen) atoms. The molecular formula is C14H20N2O4. The van der Waals surface area contributed by atoms with Crippen LogP contribution in [-0.2, 0) is 9.53 Å². The highest BCUT2D eigenvalue weighted by Crippen LogP contribution is 2.31. The van der Waals surface area contributed by atoms with Gasteiger partial charge in [-0.3, -0.25) is 0 Å². The number of carboxylic acids is 1. The maximum atomic E-state index is 12.3. The van der Waals surface area contributed by atoms with Gasteiger partial charge < -0.3 is 19.6 Å². The van der Waals surface area contributed by atoms with Gasteiger partial charge in [0, 0.05) is 6.54 Å². The van der Waals surface area contributed by atoms with Crippen LogP contribution in [0.1, 0.15) is 19.8 Å². The molecule has 2 rings (SSSR count). The molecule has 1 aliphatic carbocycles. The molecule has 0 unspecified atom stereocenters. The van der Waals surface area contributed by atoms with Crippen molar-refractivity contribution in [2.45, 2.75) is 25.4 Å². The van der Waals surface area contributed by atoms with Crippen molar-refractivity contribution in [3.05, 3.63) is 0 Å². The molecule has 1 saturated heterocycles. The molecule has 1 aliphatic heterocycles. The van der Waals surface area contributed by atoms with Crippen LogP contribution in [0.15, 0.2) is 0 Å². The second-order valence-electron chi connectivity index (χ2n) is 5.80. The summed E-state index contributed by atoms with van der Waals surface area (Å²) < 4.78 is 5.29. The number of carbonyl (C=O) groups excluding carboxylic acids is 1. The summed E-state index contributed by atoms with van der Waals surface area (Å²) in [4.78, 5) is 26.1. The Balaban J connectivity index is 1.81. The fourth-order valence-corrected chi connectivity index (χ4v) is 2.36. The fourth-order valence-electron chi connectivity index (χ4n) is 2.36. The second kappa shape index (κ2) is 5.71. The van der Waals surface area contributed by atoms with Crippen LogP contribution in [0.5, 0.6) is 0 Å². The second-order valence-corrected chi connectivity index (χ2v) is 5.80. The smallest absolute Gasteiger partial charge is 0.329 e. The average Bonchev–Trinajstić information content (AvgIpc) is 3.15. The van der Waals surface area contributed by atoms with Gasteiger partial charge in [0.2, 0.25) is 0 Å². The minimum absolute atomic E-state index is 0.0775. The summed E-state index contributed by atoms with van der Waals surface area (Å²) in [6, 6.07) is -0.0775. The van der Waals surface area contributed by atoms with Crippen LogP contribution in [-0.4, -0.2) is 65.3 Å². The SMILES string of the molecule is C#CCN(CC1CC1)C(=O)N1CC(C)(OCC(=O)O)C1. The lowest BCUT2D eigenvalue weighted by molar-refractivity contribution is -0.160. The van der Waals surface area contributed by atoms with Crippen molar-refractivity contribution in [3.63, 3.8) is 0 Å². The quantitative estimate of drug-likeness (QED) is 0.724. The molecule has 2 aliphatic rings. The van der Waals surface area contributed by atoms with Crippen LogP contribution in [0.25, 0.3) is 0 Å². The van der Waals surface area contributed by atoms with E-state index in [1.54, 1.807) is 9.80 Å². The topological polar surface area (TPSA) is 70.1 Å². The van der Waals surface area contributed by atoms with E-state index in [0.717, 1.165) is 12.8 Å². The molecule has 0 radical (unpaired) electrons. The Morgan fingerprint density at radius 1 is 1.50 bits per heavy atom. The Hall–Kier alpha value is -1.74. The lowest BCUT2D eigenvalue weighted by Crippen LogP contribution is -2.65. The summed E-state index contributed by atoms with van der Waals surface area (Å²) in [7, 11) is 0. The van der Waals surface area contributed by atoms with Crippen LogP contribution >= 0.6 is 0 Å². The van der Waals surface area contributed by atoms with Crippen LogP contribution in [0.2, 0.25) is 0 Å². The molecule has 0 atom stereocenters. The van der Waals surface area contributed by atoms with Crippen molar-refractivity contribution in [3.8, 4) is 12.3 Å². The van der Waals surface area contributed by atoms with Gasteiger partial charge in [-0.05, 0) is 25.7 Å². The Bertz CT molecular complexity index is 433. The first kappa shape index (κ1) is 14.7. The standard InChI is InChI=1S/C14H20N2O4/c1-3-6-15(7-11-4-5-11)13(19)16-9-14(2,10-16)20-8-12(17)18/h1,11H,4-10H2,2H3,(H,17,18). The van der Waals surface area contributed by atoms with Gasteiger partial charge in [0.25, 0.3) is 0 Å². The van der Waals surface area contributed by atoms with Crippen molar-refractivity contribution in [2.24, 2.45) is 5.92 Å². The zero-order valence-electron chi connectivity index (χ0n) is 11.7. The number of aliphatic carboxylic acids is 1. The Morgan fingerprint density at radius 3 is 2.65 bits per heavy atom. The molecule has 1 saturated carbocycles. The normalized spacial score (nSPS) is 19.9. The Kier molecular flexibility index (Phi) is 4.19. The van der Waals surface area contributed by atoms with Crippen molar-refractivity contribution in [1.82, 2.24) is 9.80 Å². The maximum Gasteiger partial charge on any atom is 0.329 e. The first-order valence-electron chi connectivity index (χ1n) is 6.76. The monoisotopic (exact) mass is 280 g/mol. The largest absolute Gasteiger partial charge is 0.480 e. The summed E-state index contributed by atoms with van der Waals surface area (Å²) >= 11 is 0. The van der Waals surface area contributed by atoms with Crippen LogP contribution < -0.4 is 0 Å². The van der Waals surface area contributed by atoms with Gasteiger partial charge in [0.05, 0.1) is 19.6 Å². The Morgan fingerprint density at radius 2 is 2.15 bits per heavy atom. The van der Waals surface area contributed by atoms with Gasteiger partial charge in [-0.1, -0.05) is 5.92 Å². The zero-order valence-corrected chi connectivity index (χ0v) is 11.7. The third-order valence-corrected chi connectivity index (χ3v) is 3.59. The number of terminal acetylenes is 1. The minimum Gasteiger partial charge on any atom is -0.480 e. The molecule has 6 nitrogen and oxygen atoms in total. The van der Waals surface area contributed by atoms with Gasteiger partial charge in [0.1, 0.15) is 12.2 Å². The molecule has 0 aromatic rings. The van der Waals surface area contributed by atoms with Gasteiger partial charge >= 0.3 is 12.0 Å².